The molecule has 2 nitrogen and oxygen atoms in total. The molecule has 0 bridgehead atoms. The van der Waals surface area contributed by atoms with E-state index in [0.29, 0.717) is 5.88 Å². The van der Waals surface area contributed by atoms with Crippen LogP contribution in [0.5, 0.6) is 0 Å². The Morgan fingerprint density at radius 3 is 1.88 bits per heavy atom. The minimum atomic E-state index is -0.677. The van der Waals surface area contributed by atoms with E-state index in [4.69, 9.17) is 16.9 Å². The smallest absolute Gasteiger partial charge is 0.123 e. The van der Waals surface area contributed by atoms with Crippen molar-refractivity contribution in [3.63, 3.8) is 0 Å². The molecular formula is C13H19ClO2. The highest BCUT2D eigenvalue weighted by atomic mass is 35.5. The van der Waals surface area contributed by atoms with Gasteiger partial charge in [-0.1, -0.05) is 38.1 Å². The van der Waals surface area contributed by atoms with Crippen LogP contribution in [0, 0.1) is 0 Å². The third-order valence-corrected chi connectivity index (χ3v) is 3.59. The maximum absolute atomic E-state index is 8.80. The van der Waals surface area contributed by atoms with Crippen molar-refractivity contribution < 1.29 is 10.1 Å². The largest absolute Gasteiger partial charge is 0.251 e. The van der Waals surface area contributed by atoms with Gasteiger partial charge in [0.05, 0.1) is 0 Å². The molecule has 0 amide bonds. The van der Waals surface area contributed by atoms with Crippen LogP contribution >= 0.6 is 11.6 Å². The first-order valence-corrected chi connectivity index (χ1v) is 5.86. The summed E-state index contributed by atoms with van der Waals surface area (Å²) in [6.45, 7) is 7.83. The standard InChI is InChI=1S/C13H19ClO2/c1-12(2,9-14)10-5-7-11(8-6-10)13(3,4)16-15/h5-8,15H,9H2,1-4H3. The number of rotatable bonds is 4. The topological polar surface area (TPSA) is 29.5 Å². The van der Waals surface area contributed by atoms with Gasteiger partial charge >= 0.3 is 0 Å². The van der Waals surface area contributed by atoms with Gasteiger partial charge in [-0.3, -0.25) is 5.26 Å². The maximum Gasteiger partial charge on any atom is 0.123 e. The Labute approximate surface area is 102 Å². The van der Waals surface area contributed by atoms with Crippen LogP contribution in [-0.2, 0) is 15.9 Å². The van der Waals surface area contributed by atoms with Crippen LogP contribution in [0.4, 0.5) is 0 Å². The van der Waals surface area contributed by atoms with Crippen molar-refractivity contribution in [3.05, 3.63) is 35.4 Å². The first kappa shape index (κ1) is 13.5. The maximum atomic E-state index is 8.80. The number of benzene rings is 1. The van der Waals surface area contributed by atoms with Gasteiger partial charge < -0.3 is 0 Å². The van der Waals surface area contributed by atoms with E-state index in [2.05, 4.69) is 18.7 Å². The zero-order chi connectivity index (χ0) is 12.4. The molecule has 0 aliphatic heterocycles. The van der Waals surface area contributed by atoms with Crippen LogP contribution in [0.1, 0.15) is 38.8 Å². The van der Waals surface area contributed by atoms with E-state index < -0.39 is 5.60 Å². The van der Waals surface area contributed by atoms with Crippen molar-refractivity contribution in [2.24, 2.45) is 0 Å². The van der Waals surface area contributed by atoms with Gasteiger partial charge in [-0.05, 0) is 25.0 Å². The summed E-state index contributed by atoms with van der Waals surface area (Å²) in [7, 11) is 0. The second-order valence-electron chi connectivity index (χ2n) is 5.20. The molecule has 0 spiro atoms. The summed E-state index contributed by atoms with van der Waals surface area (Å²) in [6.07, 6.45) is 0. The van der Waals surface area contributed by atoms with Crippen molar-refractivity contribution in [2.75, 3.05) is 5.88 Å². The van der Waals surface area contributed by atoms with E-state index in [0.717, 1.165) is 5.56 Å². The van der Waals surface area contributed by atoms with Crippen molar-refractivity contribution >= 4 is 11.6 Å². The number of alkyl halides is 1. The van der Waals surface area contributed by atoms with E-state index >= 15 is 0 Å². The van der Waals surface area contributed by atoms with Crippen LogP contribution in [0.25, 0.3) is 0 Å². The van der Waals surface area contributed by atoms with Crippen LogP contribution in [0.2, 0.25) is 0 Å². The van der Waals surface area contributed by atoms with Gasteiger partial charge in [-0.15, -0.1) is 11.6 Å². The first-order valence-electron chi connectivity index (χ1n) is 5.33. The summed E-state index contributed by atoms with van der Waals surface area (Å²) < 4.78 is 0. The lowest BCUT2D eigenvalue weighted by molar-refractivity contribution is -0.318. The molecule has 0 saturated heterocycles. The zero-order valence-electron chi connectivity index (χ0n) is 10.2. The van der Waals surface area contributed by atoms with Crippen molar-refractivity contribution in [3.8, 4) is 0 Å². The van der Waals surface area contributed by atoms with Gasteiger partial charge in [0.1, 0.15) is 5.60 Å². The molecule has 1 aromatic rings. The van der Waals surface area contributed by atoms with Gasteiger partial charge in [0.2, 0.25) is 0 Å². The molecule has 3 heteroatoms. The molecule has 0 radical (unpaired) electrons. The minimum absolute atomic E-state index is 0.0374. The fraction of sp³-hybridized carbons (Fsp3) is 0.538. The molecule has 16 heavy (non-hydrogen) atoms. The molecule has 0 aliphatic carbocycles. The molecule has 0 unspecified atom stereocenters. The Kier molecular flexibility index (Phi) is 4.00. The highest BCUT2D eigenvalue weighted by Gasteiger charge is 2.23. The SMILES string of the molecule is CC(C)(CCl)c1ccc(C(C)(C)OO)cc1. The second-order valence-corrected chi connectivity index (χ2v) is 5.46. The van der Waals surface area contributed by atoms with E-state index in [1.54, 1.807) is 0 Å². The zero-order valence-corrected chi connectivity index (χ0v) is 11.0. The third-order valence-electron chi connectivity index (χ3n) is 2.92. The Morgan fingerprint density at radius 1 is 1.06 bits per heavy atom. The van der Waals surface area contributed by atoms with E-state index in [1.165, 1.54) is 5.56 Å². The highest BCUT2D eigenvalue weighted by Crippen LogP contribution is 2.28. The van der Waals surface area contributed by atoms with Crippen molar-refractivity contribution in [2.45, 2.75) is 38.7 Å². The average molecular weight is 243 g/mol. The van der Waals surface area contributed by atoms with Crippen molar-refractivity contribution in [1.29, 1.82) is 0 Å². The molecule has 0 heterocycles. The summed E-state index contributed by atoms with van der Waals surface area (Å²) in [5, 5.41) is 8.80. The molecule has 0 aromatic heterocycles. The Hall–Kier alpha value is -0.570. The molecule has 1 aromatic carbocycles. The van der Waals surface area contributed by atoms with Crippen LogP contribution in [0.15, 0.2) is 24.3 Å². The lowest BCUT2D eigenvalue weighted by Crippen LogP contribution is -2.22. The van der Waals surface area contributed by atoms with E-state index in [1.807, 2.05) is 38.1 Å². The molecule has 0 fully saturated rings. The molecule has 1 rings (SSSR count). The Balaban J connectivity index is 3.00. The summed E-state index contributed by atoms with van der Waals surface area (Å²) >= 11 is 5.92. The van der Waals surface area contributed by atoms with E-state index in [9.17, 15) is 0 Å². The third kappa shape index (κ3) is 2.76. The highest BCUT2D eigenvalue weighted by molar-refractivity contribution is 6.18. The fourth-order valence-corrected chi connectivity index (χ4v) is 1.61. The average Bonchev–Trinajstić information content (AvgIpc) is 2.29. The summed E-state index contributed by atoms with van der Waals surface area (Å²) in [6, 6.07) is 7.97. The molecular weight excluding hydrogens is 224 g/mol. The number of hydrogen-bond donors (Lipinski definition) is 1. The molecule has 0 saturated carbocycles. The number of halogens is 1. The summed E-state index contributed by atoms with van der Waals surface area (Å²) in [5.74, 6) is 0.576. The van der Waals surface area contributed by atoms with Crippen LogP contribution in [0.3, 0.4) is 0 Å². The fourth-order valence-electron chi connectivity index (χ4n) is 1.45. The molecule has 0 aliphatic rings. The summed E-state index contributed by atoms with van der Waals surface area (Å²) in [5.41, 5.74) is 1.40. The lowest BCUT2D eigenvalue weighted by atomic mass is 9.85. The first-order chi connectivity index (χ1) is 7.33. The van der Waals surface area contributed by atoms with Gasteiger partial charge in [0, 0.05) is 11.3 Å². The quantitative estimate of drug-likeness (QED) is 0.493. The van der Waals surface area contributed by atoms with Gasteiger partial charge in [-0.2, -0.15) is 0 Å². The van der Waals surface area contributed by atoms with Gasteiger partial charge in [0.15, 0.2) is 0 Å². The molecule has 1 N–H and O–H groups in total. The summed E-state index contributed by atoms with van der Waals surface area (Å²) in [4.78, 5) is 4.45. The van der Waals surface area contributed by atoms with Crippen molar-refractivity contribution in [1.82, 2.24) is 0 Å². The predicted octanol–water partition coefficient (Wildman–Crippen LogP) is 3.93. The van der Waals surface area contributed by atoms with Gasteiger partial charge in [-0.25, -0.2) is 4.89 Å². The lowest BCUT2D eigenvalue weighted by Gasteiger charge is -2.25. The second kappa shape index (κ2) is 4.74. The van der Waals surface area contributed by atoms with E-state index in [-0.39, 0.29) is 5.41 Å². The predicted molar refractivity (Wildman–Crippen MR) is 66.9 cm³/mol. The van der Waals surface area contributed by atoms with Crippen LogP contribution < -0.4 is 0 Å². The minimum Gasteiger partial charge on any atom is -0.251 e. The monoisotopic (exact) mass is 242 g/mol. The Bertz CT molecular complexity index is 306. The Morgan fingerprint density at radius 2 is 1.50 bits per heavy atom. The van der Waals surface area contributed by atoms with Crippen LogP contribution in [-0.4, -0.2) is 11.1 Å². The normalized spacial score (nSPS) is 12.9. The molecule has 0 atom stereocenters. The molecule has 90 valence electrons. The number of hydrogen-bond acceptors (Lipinski definition) is 2. The van der Waals surface area contributed by atoms with Gasteiger partial charge in [0.25, 0.3) is 0 Å².